The number of hydrogen-bond acceptors (Lipinski definition) is 6. The smallest absolute Gasteiger partial charge is 0.264 e. The number of nitrogens with zero attached hydrogens (tertiary/aromatic N) is 3. The summed E-state index contributed by atoms with van der Waals surface area (Å²) < 4.78 is 27.1. The van der Waals surface area contributed by atoms with Crippen molar-refractivity contribution in [2.24, 2.45) is 0 Å². The van der Waals surface area contributed by atoms with E-state index in [2.05, 4.69) is 9.28 Å². The van der Waals surface area contributed by atoms with Crippen LogP contribution in [-0.2, 0) is 20.8 Å². The van der Waals surface area contributed by atoms with E-state index in [4.69, 9.17) is 11.0 Å². The Hall–Kier alpha value is -1.59. The summed E-state index contributed by atoms with van der Waals surface area (Å²) in [6, 6.07) is 1.85. The molecule has 0 amide bonds. The first-order valence-corrected chi connectivity index (χ1v) is 5.81. The van der Waals surface area contributed by atoms with Gasteiger partial charge < -0.3 is 5.73 Å². The fraction of sp³-hybridized carbons (Fsp3) is 0.429. The topological polar surface area (TPSA) is 111 Å². The molecule has 0 aliphatic carbocycles. The number of nitriles is 1. The highest BCUT2D eigenvalue weighted by Crippen LogP contribution is 2.08. The fourth-order valence-electron chi connectivity index (χ4n) is 0.934. The minimum Gasteiger partial charge on any atom is -0.383 e. The van der Waals surface area contributed by atoms with Gasteiger partial charge in [-0.2, -0.15) is 18.8 Å². The van der Waals surface area contributed by atoms with Gasteiger partial charge in [-0.25, -0.2) is 4.68 Å². The van der Waals surface area contributed by atoms with Crippen molar-refractivity contribution in [2.75, 3.05) is 18.6 Å². The quantitative estimate of drug-likeness (QED) is 0.685. The van der Waals surface area contributed by atoms with Gasteiger partial charge in [0.25, 0.3) is 10.1 Å². The van der Waals surface area contributed by atoms with Crippen molar-refractivity contribution >= 4 is 15.9 Å². The van der Waals surface area contributed by atoms with Crippen LogP contribution >= 0.6 is 0 Å². The second kappa shape index (κ2) is 4.29. The first-order chi connectivity index (χ1) is 6.94. The molecule has 7 nitrogen and oxygen atoms in total. The Kier molecular flexibility index (Phi) is 3.28. The highest BCUT2D eigenvalue weighted by Gasteiger charge is 2.07. The first kappa shape index (κ1) is 11.5. The van der Waals surface area contributed by atoms with Crippen molar-refractivity contribution in [3.8, 4) is 6.07 Å². The van der Waals surface area contributed by atoms with Gasteiger partial charge in [-0.3, -0.25) is 4.18 Å². The highest BCUT2D eigenvalue weighted by atomic mass is 32.2. The van der Waals surface area contributed by atoms with Gasteiger partial charge in [0.2, 0.25) is 0 Å². The number of hydrogen-bond donors (Lipinski definition) is 1. The summed E-state index contributed by atoms with van der Waals surface area (Å²) in [6.07, 6.45) is 2.27. The highest BCUT2D eigenvalue weighted by molar-refractivity contribution is 7.85. The van der Waals surface area contributed by atoms with E-state index in [-0.39, 0.29) is 24.5 Å². The molecule has 0 aromatic carbocycles. The Morgan fingerprint density at radius 3 is 2.87 bits per heavy atom. The largest absolute Gasteiger partial charge is 0.383 e. The van der Waals surface area contributed by atoms with Crippen molar-refractivity contribution in [3.05, 3.63) is 11.8 Å². The van der Waals surface area contributed by atoms with E-state index >= 15 is 0 Å². The molecule has 0 aliphatic heterocycles. The fourth-order valence-corrected chi connectivity index (χ4v) is 1.31. The molecule has 0 radical (unpaired) electrons. The Bertz CT molecular complexity index is 485. The average molecular weight is 230 g/mol. The third-order valence-corrected chi connectivity index (χ3v) is 2.20. The Morgan fingerprint density at radius 1 is 1.73 bits per heavy atom. The molecule has 0 atom stereocenters. The molecule has 1 aromatic rings. The maximum absolute atomic E-state index is 10.6. The van der Waals surface area contributed by atoms with Crippen molar-refractivity contribution in [2.45, 2.75) is 6.54 Å². The van der Waals surface area contributed by atoms with Gasteiger partial charge in [0.1, 0.15) is 17.5 Å². The van der Waals surface area contributed by atoms with E-state index in [0.717, 1.165) is 6.26 Å². The molecule has 82 valence electrons. The number of rotatable bonds is 4. The van der Waals surface area contributed by atoms with Gasteiger partial charge >= 0.3 is 0 Å². The van der Waals surface area contributed by atoms with Crippen LogP contribution in [0.4, 0.5) is 5.82 Å². The zero-order chi connectivity index (χ0) is 11.5. The SMILES string of the molecule is CS(=O)(=O)OCCn1ncc(C#N)c1N. The van der Waals surface area contributed by atoms with Gasteiger partial charge in [0.15, 0.2) is 0 Å². The summed E-state index contributed by atoms with van der Waals surface area (Å²) in [5.41, 5.74) is 5.80. The van der Waals surface area contributed by atoms with Crippen LogP contribution in [0.2, 0.25) is 0 Å². The monoisotopic (exact) mass is 230 g/mol. The molecule has 0 spiro atoms. The number of nitrogens with two attached hydrogens (primary N) is 1. The average Bonchev–Trinajstić information content (AvgIpc) is 2.46. The normalized spacial score (nSPS) is 11.2. The molecule has 2 N–H and O–H groups in total. The van der Waals surface area contributed by atoms with Gasteiger partial charge in [-0.15, -0.1) is 0 Å². The third kappa shape index (κ3) is 3.23. The minimum atomic E-state index is -3.45. The Morgan fingerprint density at radius 2 is 2.40 bits per heavy atom. The Balaban J connectivity index is 2.60. The molecular formula is C7H10N4O3S. The van der Waals surface area contributed by atoms with Crippen molar-refractivity contribution in [3.63, 3.8) is 0 Å². The molecule has 0 unspecified atom stereocenters. The van der Waals surface area contributed by atoms with Gasteiger partial charge in [0.05, 0.1) is 25.6 Å². The molecule has 1 heterocycles. The predicted octanol–water partition coefficient (Wildman–Crippen LogP) is -0.687. The number of nitrogen functional groups attached to an aromatic ring is 1. The lowest BCUT2D eigenvalue weighted by Crippen LogP contribution is -2.13. The molecule has 1 rings (SSSR count). The van der Waals surface area contributed by atoms with E-state index in [1.54, 1.807) is 0 Å². The standard InChI is InChI=1S/C7H10N4O3S/c1-15(12,13)14-3-2-11-7(9)6(4-8)5-10-11/h5H,2-3,9H2,1H3. The van der Waals surface area contributed by atoms with Crippen molar-refractivity contribution in [1.82, 2.24) is 9.78 Å². The van der Waals surface area contributed by atoms with Crippen molar-refractivity contribution in [1.29, 1.82) is 5.26 Å². The molecule has 8 heteroatoms. The van der Waals surface area contributed by atoms with Crippen LogP contribution in [0.25, 0.3) is 0 Å². The second-order valence-electron chi connectivity index (χ2n) is 2.80. The lowest BCUT2D eigenvalue weighted by molar-refractivity contribution is 0.298. The van der Waals surface area contributed by atoms with Gasteiger partial charge in [-0.1, -0.05) is 0 Å². The van der Waals surface area contributed by atoms with E-state index in [9.17, 15) is 8.42 Å². The summed E-state index contributed by atoms with van der Waals surface area (Å²) in [7, 11) is -3.45. The van der Waals surface area contributed by atoms with Crippen LogP contribution in [0.3, 0.4) is 0 Å². The first-order valence-electron chi connectivity index (χ1n) is 4.00. The summed E-state index contributed by atoms with van der Waals surface area (Å²) in [5, 5.41) is 12.4. The van der Waals surface area contributed by atoms with Crippen LogP contribution in [0.1, 0.15) is 5.56 Å². The summed E-state index contributed by atoms with van der Waals surface area (Å²) in [6.45, 7) is 0.121. The molecule has 0 fully saturated rings. The zero-order valence-corrected chi connectivity index (χ0v) is 8.86. The molecule has 15 heavy (non-hydrogen) atoms. The minimum absolute atomic E-state index is 0.0599. The summed E-state index contributed by atoms with van der Waals surface area (Å²) >= 11 is 0. The van der Waals surface area contributed by atoms with E-state index in [0.29, 0.717) is 0 Å². The van der Waals surface area contributed by atoms with Crippen LogP contribution < -0.4 is 5.73 Å². The van der Waals surface area contributed by atoms with Crippen LogP contribution in [0, 0.1) is 11.3 Å². The van der Waals surface area contributed by atoms with Gasteiger partial charge in [0, 0.05) is 0 Å². The predicted molar refractivity (Wildman–Crippen MR) is 52.2 cm³/mol. The summed E-state index contributed by atoms with van der Waals surface area (Å²) in [5.74, 6) is 0.203. The van der Waals surface area contributed by atoms with Crippen LogP contribution in [0.15, 0.2) is 6.20 Å². The van der Waals surface area contributed by atoms with Crippen LogP contribution in [0.5, 0.6) is 0 Å². The van der Waals surface area contributed by atoms with E-state index in [1.165, 1.54) is 10.9 Å². The van der Waals surface area contributed by atoms with Gasteiger partial charge in [-0.05, 0) is 0 Å². The zero-order valence-electron chi connectivity index (χ0n) is 8.04. The molecule has 0 aliphatic rings. The third-order valence-electron chi connectivity index (χ3n) is 1.60. The maximum atomic E-state index is 10.6. The second-order valence-corrected chi connectivity index (χ2v) is 4.45. The molecule has 1 aromatic heterocycles. The summed E-state index contributed by atoms with van der Waals surface area (Å²) in [4.78, 5) is 0. The van der Waals surface area contributed by atoms with Crippen LogP contribution in [-0.4, -0.2) is 31.1 Å². The maximum Gasteiger partial charge on any atom is 0.264 e. The van der Waals surface area contributed by atoms with E-state index < -0.39 is 10.1 Å². The van der Waals surface area contributed by atoms with E-state index in [1.807, 2.05) is 6.07 Å². The molecule has 0 bridgehead atoms. The number of aromatic nitrogens is 2. The molecular weight excluding hydrogens is 220 g/mol. The lowest BCUT2D eigenvalue weighted by atomic mass is 10.4. The Labute approximate surface area is 87.2 Å². The van der Waals surface area contributed by atoms with Crippen molar-refractivity contribution < 1.29 is 12.6 Å². The molecule has 0 saturated carbocycles. The molecule has 0 saturated heterocycles. The number of anilines is 1. The lowest BCUT2D eigenvalue weighted by Gasteiger charge is -2.03.